The van der Waals surface area contributed by atoms with Crippen LogP contribution in [0.2, 0.25) is 0 Å². The Labute approximate surface area is 231 Å². The number of sulfone groups is 1. The van der Waals surface area contributed by atoms with Crippen LogP contribution >= 0.6 is 11.3 Å². The summed E-state index contributed by atoms with van der Waals surface area (Å²) >= 11 is 1.47. The van der Waals surface area contributed by atoms with Crippen molar-refractivity contribution in [2.45, 2.75) is 13.2 Å². The van der Waals surface area contributed by atoms with E-state index in [1.54, 1.807) is 25.3 Å². The Kier molecular flexibility index (Phi) is 9.28. The highest BCUT2D eigenvalue weighted by Gasteiger charge is 2.16. The number of thiazole rings is 1. The fourth-order valence-corrected chi connectivity index (χ4v) is 5.02. The normalized spacial score (nSPS) is 14.6. The van der Waals surface area contributed by atoms with Gasteiger partial charge in [-0.2, -0.15) is 0 Å². The van der Waals surface area contributed by atoms with E-state index < -0.39 is 15.7 Å². The molecule has 1 aliphatic carbocycles. The second kappa shape index (κ2) is 12.8. The number of allylic oxidation sites excluding steroid dienone is 5. The van der Waals surface area contributed by atoms with Crippen LogP contribution in [0.15, 0.2) is 83.5 Å². The third-order valence-corrected chi connectivity index (χ3v) is 7.55. The maximum Gasteiger partial charge on any atom is 0.167 e. The van der Waals surface area contributed by atoms with E-state index in [0.29, 0.717) is 30.2 Å². The van der Waals surface area contributed by atoms with Crippen LogP contribution in [0.4, 0.5) is 10.1 Å². The number of ether oxygens (including phenoxy) is 1. The second-order valence-electron chi connectivity index (χ2n) is 8.86. The number of benzene rings is 2. The molecule has 0 saturated carbocycles. The van der Waals surface area contributed by atoms with Crippen molar-refractivity contribution in [3.8, 4) is 5.75 Å². The van der Waals surface area contributed by atoms with Crippen LogP contribution in [0.25, 0.3) is 5.57 Å². The summed E-state index contributed by atoms with van der Waals surface area (Å²) in [6.45, 7) is 1.09. The van der Waals surface area contributed by atoms with Crippen molar-refractivity contribution in [2.75, 3.05) is 30.9 Å². The highest BCUT2D eigenvalue weighted by molar-refractivity contribution is 7.90. The molecule has 4 rings (SSSR count). The van der Waals surface area contributed by atoms with Crippen molar-refractivity contribution in [3.05, 3.63) is 106 Å². The van der Waals surface area contributed by atoms with E-state index in [0.717, 1.165) is 21.8 Å². The first-order valence-electron chi connectivity index (χ1n) is 12.2. The van der Waals surface area contributed by atoms with Gasteiger partial charge in [0.25, 0.3) is 0 Å². The largest absolute Gasteiger partial charge is 0.486 e. The van der Waals surface area contributed by atoms with E-state index in [1.165, 1.54) is 23.7 Å². The molecule has 8 nitrogen and oxygen atoms in total. The molecule has 1 heterocycles. The molecule has 0 aliphatic heterocycles. The Hall–Kier alpha value is -3.80. The molecule has 0 saturated heterocycles. The molecule has 39 heavy (non-hydrogen) atoms. The zero-order valence-electron chi connectivity index (χ0n) is 21.6. The van der Waals surface area contributed by atoms with Crippen LogP contribution in [-0.2, 0) is 23.0 Å². The zero-order chi connectivity index (χ0) is 27.8. The minimum absolute atomic E-state index is 0.0719. The van der Waals surface area contributed by atoms with Crippen LogP contribution in [0.3, 0.4) is 0 Å². The van der Waals surface area contributed by atoms with Crippen molar-refractivity contribution in [2.24, 2.45) is 0 Å². The van der Waals surface area contributed by atoms with Gasteiger partial charge in [-0.15, -0.1) is 11.3 Å². The molecule has 3 aromatic rings. The lowest BCUT2D eigenvalue weighted by Crippen LogP contribution is -2.21. The number of aromatic nitrogens is 1. The van der Waals surface area contributed by atoms with Gasteiger partial charge in [0.1, 0.15) is 27.3 Å². The summed E-state index contributed by atoms with van der Waals surface area (Å²) in [6.07, 6.45) is 6.58. The number of hydrogen-bond donors (Lipinski definition) is 4. The predicted molar refractivity (Wildman–Crippen MR) is 155 cm³/mol. The molecule has 0 unspecified atom stereocenters. The van der Waals surface area contributed by atoms with Crippen molar-refractivity contribution < 1.29 is 17.5 Å². The van der Waals surface area contributed by atoms with Gasteiger partial charge in [-0.1, -0.05) is 36.4 Å². The Balaban J connectivity index is 1.45. The highest BCUT2D eigenvalue weighted by Crippen LogP contribution is 2.27. The van der Waals surface area contributed by atoms with Gasteiger partial charge in [-0.25, -0.2) is 17.8 Å². The number of anilines is 1. The molecule has 2 aromatic carbocycles. The van der Waals surface area contributed by atoms with E-state index in [4.69, 9.17) is 10.1 Å². The van der Waals surface area contributed by atoms with E-state index in [2.05, 4.69) is 20.9 Å². The Bertz CT molecular complexity index is 1530. The molecule has 0 atom stereocenters. The molecule has 0 radical (unpaired) electrons. The molecule has 4 N–H and O–H groups in total. The molecule has 0 bridgehead atoms. The Morgan fingerprint density at radius 2 is 1.95 bits per heavy atom. The summed E-state index contributed by atoms with van der Waals surface area (Å²) < 4.78 is 43.0. The minimum atomic E-state index is -3.02. The van der Waals surface area contributed by atoms with Crippen LogP contribution in [-0.4, -0.2) is 44.7 Å². The SMILES string of the molecule is CN/C(Nc1ccc(OCc2ccccc2)c(F)c1)=C1/C=C(c2csc(CNCCS(C)(=O)=O)n2)C=CC1=N. The standard InChI is InChI=1S/C28H30FN5O3S2/c1-31-28(33-21-9-11-26(23(29)15-21)37-17-19-6-4-3-5-7-19)22-14-20(8-10-24(22)30)25-18-38-27(34-25)16-32-12-13-39(2,35)36/h3-11,14-15,18,30-33H,12-13,16-17H2,1-2H3/b28-22+,30-24?. The lowest BCUT2D eigenvalue weighted by Gasteiger charge is -2.18. The summed E-state index contributed by atoms with van der Waals surface area (Å²) in [7, 11) is -1.29. The first kappa shape index (κ1) is 28.2. The Morgan fingerprint density at radius 1 is 1.15 bits per heavy atom. The van der Waals surface area contributed by atoms with E-state index >= 15 is 0 Å². The number of hydrogen-bond acceptors (Lipinski definition) is 9. The number of halogens is 1. The monoisotopic (exact) mass is 567 g/mol. The van der Waals surface area contributed by atoms with E-state index in [9.17, 15) is 12.8 Å². The van der Waals surface area contributed by atoms with Crippen molar-refractivity contribution in [3.63, 3.8) is 0 Å². The van der Waals surface area contributed by atoms with E-state index in [1.807, 2.05) is 47.9 Å². The molecular formula is C28H30FN5O3S2. The third kappa shape index (κ3) is 8.09. The van der Waals surface area contributed by atoms with Gasteiger partial charge in [0, 0.05) is 54.7 Å². The predicted octanol–water partition coefficient (Wildman–Crippen LogP) is 4.51. The average Bonchev–Trinajstić information content (AvgIpc) is 3.39. The van der Waals surface area contributed by atoms with Crippen LogP contribution in [0.1, 0.15) is 16.3 Å². The fraction of sp³-hybridized carbons (Fsp3) is 0.214. The summed E-state index contributed by atoms with van der Waals surface area (Å²) in [5, 5.41) is 20.5. The lowest BCUT2D eigenvalue weighted by molar-refractivity contribution is 0.290. The maximum atomic E-state index is 14.8. The summed E-state index contributed by atoms with van der Waals surface area (Å²) in [6, 6.07) is 14.2. The van der Waals surface area contributed by atoms with Gasteiger partial charge in [0.05, 0.1) is 17.2 Å². The van der Waals surface area contributed by atoms with Crippen LogP contribution < -0.4 is 20.7 Å². The van der Waals surface area contributed by atoms with Crippen molar-refractivity contribution in [1.29, 1.82) is 5.41 Å². The second-order valence-corrected chi connectivity index (χ2v) is 12.1. The zero-order valence-corrected chi connectivity index (χ0v) is 23.3. The molecule has 0 spiro atoms. The van der Waals surface area contributed by atoms with Gasteiger partial charge in [0.15, 0.2) is 11.6 Å². The molecule has 11 heteroatoms. The number of rotatable bonds is 12. The van der Waals surface area contributed by atoms with Gasteiger partial charge in [-0.3, -0.25) is 0 Å². The quantitative estimate of drug-likeness (QED) is 0.238. The smallest absolute Gasteiger partial charge is 0.167 e. The molecule has 1 aromatic heterocycles. The third-order valence-electron chi connectivity index (χ3n) is 5.75. The summed E-state index contributed by atoms with van der Waals surface area (Å²) in [4.78, 5) is 4.65. The van der Waals surface area contributed by atoms with Crippen LogP contribution in [0.5, 0.6) is 5.75 Å². The summed E-state index contributed by atoms with van der Waals surface area (Å²) in [5.74, 6) is 0.273. The minimum Gasteiger partial charge on any atom is -0.486 e. The van der Waals surface area contributed by atoms with Gasteiger partial charge in [0.2, 0.25) is 0 Å². The molecular weight excluding hydrogens is 537 g/mol. The van der Waals surface area contributed by atoms with Crippen LogP contribution in [0, 0.1) is 11.2 Å². The van der Waals surface area contributed by atoms with Crippen molar-refractivity contribution in [1.82, 2.24) is 15.6 Å². The topological polar surface area (TPSA) is 116 Å². The molecule has 0 amide bonds. The number of nitrogens with zero attached hydrogens (tertiary/aromatic N) is 1. The van der Waals surface area contributed by atoms with Gasteiger partial charge in [-0.05, 0) is 29.8 Å². The maximum absolute atomic E-state index is 14.8. The average molecular weight is 568 g/mol. The van der Waals surface area contributed by atoms with Crippen molar-refractivity contribution >= 4 is 38.1 Å². The first-order valence-corrected chi connectivity index (χ1v) is 15.1. The molecule has 1 aliphatic rings. The summed E-state index contributed by atoms with van der Waals surface area (Å²) in [5.41, 5.74) is 3.91. The molecule has 204 valence electrons. The number of nitrogens with one attached hydrogen (secondary N) is 4. The highest BCUT2D eigenvalue weighted by atomic mass is 32.2. The molecule has 0 fully saturated rings. The van der Waals surface area contributed by atoms with Gasteiger partial charge >= 0.3 is 0 Å². The lowest BCUT2D eigenvalue weighted by atomic mass is 9.98. The Morgan fingerprint density at radius 3 is 2.67 bits per heavy atom. The first-order chi connectivity index (χ1) is 18.7. The van der Waals surface area contributed by atoms with E-state index in [-0.39, 0.29) is 23.8 Å². The van der Waals surface area contributed by atoms with Gasteiger partial charge < -0.3 is 26.1 Å². The fourth-order valence-electron chi connectivity index (χ4n) is 3.73.